The van der Waals surface area contributed by atoms with E-state index in [0.29, 0.717) is 19.3 Å². The number of nitrogens with zero attached hydrogens (tertiary/aromatic N) is 2. The van der Waals surface area contributed by atoms with Crippen molar-refractivity contribution in [2.24, 2.45) is 0 Å². The van der Waals surface area contributed by atoms with Crippen LogP contribution in [0.1, 0.15) is 136 Å². The Labute approximate surface area is 437 Å². The number of rotatable bonds is 40. The van der Waals surface area contributed by atoms with Gasteiger partial charge in [-0.05, 0) is 96.0 Å². The van der Waals surface area contributed by atoms with E-state index in [4.69, 9.17) is 29.0 Å². The second-order valence-corrected chi connectivity index (χ2v) is 19.9. The average Bonchev–Trinajstić information content (AvgIpc) is 3.64. The van der Waals surface area contributed by atoms with Gasteiger partial charge in [0.25, 0.3) is 0 Å². The third kappa shape index (κ3) is 32.5. The van der Waals surface area contributed by atoms with E-state index in [9.17, 15) is 43.5 Å². The van der Waals surface area contributed by atoms with E-state index in [0.717, 1.165) is 94.2 Å². The molecule has 74 heavy (non-hydrogen) atoms. The summed E-state index contributed by atoms with van der Waals surface area (Å²) in [4.78, 5) is 61.9. The lowest BCUT2D eigenvalue weighted by atomic mass is 10.1. The van der Waals surface area contributed by atoms with E-state index in [2.05, 4.69) is 120 Å². The highest BCUT2D eigenvalue weighted by atomic mass is 31.3. The van der Waals surface area contributed by atoms with Gasteiger partial charge in [0.15, 0.2) is 12.3 Å². The topological polar surface area (TPSA) is 265 Å². The number of phosphoric acid groups is 2. The Kier molecular flexibility index (Phi) is 35.7. The zero-order valence-corrected chi connectivity index (χ0v) is 44.9. The standard InChI is InChI=1S/C54H81N3O15P2/c1-3-5-7-9-11-13-15-17-19-21-22-24-26-28-30-32-34-36-38-40-50(59)70-46(43-67-49(58)39-37-35-33-31-29-27-25-23-20-18-16-14-12-10-8-6-4-2)44-68-73(63,64)72-74(65,66)69-45-47-51(60)52(61)53(71-47)57-42-41-48(55)56-54(57)62/h5-8,11-14,17-20,22,24-25,27-28,30,34,36,41-42,46-47,51-53,60-61H,3-4,9-10,15-16,21,23,26,29,31-33,35,37-40,43-45H2,1-2H3,(H,63,64)(H,65,66)(H2,55,56,62)/b7-5-,8-6-,13-11-,14-12-,19-17-,20-18-,24-22-,27-25-,30-28-,36-34-/t46-,47-,51+,52?,53-/m1/s1. The normalized spacial score (nSPS) is 19.9. The number of unbranched alkanes of at least 4 members (excludes halogenated alkanes) is 4. The summed E-state index contributed by atoms with van der Waals surface area (Å²) in [5.74, 6) is -1.44. The summed E-state index contributed by atoms with van der Waals surface area (Å²) in [5.41, 5.74) is 4.58. The number of anilines is 1. The Morgan fingerprint density at radius 1 is 0.649 bits per heavy atom. The average molecular weight is 1070 g/mol. The van der Waals surface area contributed by atoms with Crippen LogP contribution in [0.4, 0.5) is 5.82 Å². The molecule has 0 spiro atoms. The third-order valence-electron chi connectivity index (χ3n) is 10.6. The van der Waals surface area contributed by atoms with E-state index in [1.54, 1.807) is 6.08 Å². The molecule has 2 rings (SSSR count). The first-order chi connectivity index (χ1) is 35.7. The zero-order valence-electron chi connectivity index (χ0n) is 43.1. The second kappa shape index (κ2) is 40.5. The van der Waals surface area contributed by atoms with Crippen LogP contribution in [0, 0.1) is 0 Å². The van der Waals surface area contributed by atoms with E-state index in [1.807, 2.05) is 18.2 Å². The quantitative estimate of drug-likeness (QED) is 0.0177. The van der Waals surface area contributed by atoms with Crippen LogP contribution in [0.3, 0.4) is 0 Å². The number of carbonyl (C=O) groups excluding carboxylic acids is 2. The second-order valence-electron chi connectivity index (χ2n) is 16.9. The van der Waals surface area contributed by atoms with Crippen molar-refractivity contribution in [1.82, 2.24) is 9.55 Å². The number of nitrogens with two attached hydrogens (primary N) is 1. The monoisotopic (exact) mass is 1070 g/mol. The minimum Gasteiger partial charge on any atom is -0.462 e. The van der Waals surface area contributed by atoms with Crippen molar-refractivity contribution in [2.75, 3.05) is 25.6 Å². The van der Waals surface area contributed by atoms with E-state index in [-0.39, 0.29) is 18.7 Å². The highest BCUT2D eigenvalue weighted by Crippen LogP contribution is 2.60. The number of esters is 2. The largest absolute Gasteiger partial charge is 0.481 e. The predicted molar refractivity (Wildman–Crippen MR) is 288 cm³/mol. The molecule has 0 aliphatic carbocycles. The van der Waals surface area contributed by atoms with Gasteiger partial charge in [0.2, 0.25) is 0 Å². The molecule has 1 aliphatic rings. The van der Waals surface area contributed by atoms with Crippen LogP contribution in [-0.2, 0) is 46.3 Å². The summed E-state index contributed by atoms with van der Waals surface area (Å²) in [5, 5.41) is 20.9. The lowest BCUT2D eigenvalue weighted by Gasteiger charge is -2.21. The molecule has 0 radical (unpaired) electrons. The molecule has 1 aromatic rings. The smallest absolute Gasteiger partial charge is 0.462 e. The first-order valence-corrected chi connectivity index (χ1v) is 28.5. The molecule has 0 bridgehead atoms. The van der Waals surface area contributed by atoms with Gasteiger partial charge in [-0.2, -0.15) is 9.29 Å². The Balaban J connectivity index is 1.85. The van der Waals surface area contributed by atoms with Crippen molar-refractivity contribution in [3.8, 4) is 0 Å². The number of nitrogen functional groups attached to an aromatic ring is 1. The maximum absolute atomic E-state index is 12.9. The fraction of sp³-hybridized carbons (Fsp3) is 0.519. The van der Waals surface area contributed by atoms with E-state index >= 15 is 0 Å². The lowest BCUT2D eigenvalue weighted by Crippen LogP contribution is -2.36. The molecule has 6 N–H and O–H groups in total. The molecule has 412 valence electrons. The summed E-state index contributed by atoms with van der Waals surface area (Å²) in [6, 6.07) is 1.24. The number of carbonyl (C=O) groups is 2. The Hall–Kier alpha value is -4.84. The maximum atomic E-state index is 12.9. The van der Waals surface area contributed by atoms with Gasteiger partial charge in [-0.1, -0.05) is 148 Å². The summed E-state index contributed by atoms with van der Waals surface area (Å²) in [7, 11) is -10.9. The van der Waals surface area contributed by atoms with Gasteiger partial charge in [0, 0.05) is 19.0 Å². The fourth-order valence-corrected chi connectivity index (χ4v) is 8.79. The van der Waals surface area contributed by atoms with Crippen LogP contribution in [0.5, 0.6) is 0 Å². The number of aliphatic hydroxyl groups is 2. The molecule has 1 aromatic heterocycles. The number of aliphatic hydroxyl groups excluding tert-OH is 2. The molecular weight excluding hydrogens is 993 g/mol. The van der Waals surface area contributed by atoms with Crippen molar-refractivity contribution in [3.05, 3.63) is 144 Å². The molecule has 0 amide bonds. The van der Waals surface area contributed by atoms with Crippen LogP contribution in [0.25, 0.3) is 0 Å². The molecular formula is C54H81N3O15P2. The Morgan fingerprint density at radius 3 is 1.64 bits per heavy atom. The lowest BCUT2D eigenvalue weighted by molar-refractivity contribution is -0.161. The Morgan fingerprint density at radius 2 is 1.12 bits per heavy atom. The van der Waals surface area contributed by atoms with Crippen LogP contribution >= 0.6 is 15.6 Å². The fourth-order valence-electron chi connectivity index (χ4n) is 6.68. The first kappa shape index (κ1) is 65.3. The summed E-state index contributed by atoms with van der Waals surface area (Å²) in [6.07, 6.45) is 48.6. The van der Waals surface area contributed by atoms with Crippen molar-refractivity contribution in [1.29, 1.82) is 0 Å². The molecule has 20 heteroatoms. The molecule has 1 fully saturated rings. The summed E-state index contributed by atoms with van der Waals surface area (Å²) in [6.45, 7) is 1.82. The van der Waals surface area contributed by atoms with Gasteiger partial charge < -0.3 is 39.9 Å². The molecule has 1 aliphatic heterocycles. The number of ether oxygens (including phenoxy) is 3. The van der Waals surface area contributed by atoms with Crippen molar-refractivity contribution in [3.63, 3.8) is 0 Å². The van der Waals surface area contributed by atoms with Crippen LogP contribution in [-0.4, -0.2) is 85.7 Å². The van der Waals surface area contributed by atoms with Gasteiger partial charge in [0.05, 0.1) is 13.2 Å². The van der Waals surface area contributed by atoms with E-state index < -0.39 is 83.7 Å². The molecule has 3 unspecified atom stereocenters. The number of hydrogen-bond donors (Lipinski definition) is 5. The molecule has 2 heterocycles. The minimum atomic E-state index is -5.45. The van der Waals surface area contributed by atoms with Gasteiger partial charge in [-0.3, -0.25) is 23.2 Å². The highest BCUT2D eigenvalue weighted by Gasteiger charge is 2.46. The first-order valence-electron chi connectivity index (χ1n) is 25.5. The molecule has 0 saturated carbocycles. The molecule has 18 nitrogen and oxygen atoms in total. The number of allylic oxidation sites excluding steroid dienone is 20. The predicted octanol–water partition coefficient (Wildman–Crippen LogP) is 10.8. The molecule has 1 saturated heterocycles. The molecule has 7 atom stereocenters. The summed E-state index contributed by atoms with van der Waals surface area (Å²) >= 11 is 0. The SMILES string of the molecule is CC/C=C\C/C=C\C/C=C\C/C=C\C/C=C\C/C=C\CCC(=O)O[C@H](COC(=O)CCCCCC/C=C\C/C=C\C/C=C\C/C=C\CC)COP(=O)(O)OP(=O)(O)OC[C@H]1O[C@@H](n2ccc(N)nc2=O)C(O)[C@H]1O. The van der Waals surface area contributed by atoms with Gasteiger partial charge in [-0.25, -0.2) is 13.9 Å². The van der Waals surface area contributed by atoms with Crippen molar-refractivity contribution < 1.29 is 66.3 Å². The third-order valence-corrected chi connectivity index (χ3v) is 13.2. The van der Waals surface area contributed by atoms with Crippen LogP contribution < -0.4 is 11.4 Å². The van der Waals surface area contributed by atoms with Crippen molar-refractivity contribution >= 4 is 33.4 Å². The van der Waals surface area contributed by atoms with Gasteiger partial charge in [0.1, 0.15) is 30.7 Å². The van der Waals surface area contributed by atoms with Gasteiger partial charge >= 0.3 is 33.3 Å². The highest BCUT2D eigenvalue weighted by molar-refractivity contribution is 7.61. The number of phosphoric ester groups is 2. The Bertz CT molecular complexity index is 2210. The van der Waals surface area contributed by atoms with Gasteiger partial charge in [-0.15, -0.1) is 0 Å². The van der Waals surface area contributed by atoms with E-state index in [1.165, 1.54) is 6.07 Å². The zero-order chi connectivity index (χ0) is 54.1. The van der Waals surface area contributed by atoms with Crippen LogP contribution in [0.2, 0.25) is 0 Å². The minimum absolute atomic E-state index is 0.0750. The maximum Gasteiger partial charge on any atom is 0.481 e. The summed E-state index contributed by atoms with van der Waals surface area (Å²) < 4.78 is 56.7. The van der Waals surface area contributed by atoms with Crippen molar-refractivity contribution in [2.45, 2.75) is 160 Å². The number of hydrogen-bond acceptors (Lipinski definition) is 15. The number of aromatic nitrogens is 2. The van der Waals surface area contributed by atoms with Crippen LogP contribution in [0.15, 0.2) is 139 Å². The molecule has 0 aromatic carbocycles.